The van der Waals surface area contributed by atoms with Crippen LogP contribution in [-0.4, -0.2) is 19.1 Å². The summed E-state index contributed by atoms with van der Waals surface area (Å²) in [6.45, 7) is 7.09. The summed E-state index contributed by atoms with van der Waals surface area (Å²) in [6.07, 6.45) is 5.93. The van der Waals surface area contributed by atoms with E-state index in [4.69, 9.17) is 4.74 Å². The summed E-state index contributed by atoms with van der Waals surface area (Å²) in [5, 5.41) is 0. The van der Waals surface area contributed by atoms with Crippen molar-refractivity contribution in [1.82, 2.24) is 0 Å². The molecular weight excluding hydrogens is 334 g/mol. The molecule has 3 heteroatoms. The Bertz CT molecular complexity index is 790. The van der Waals surface area contributed by atoms with Crippen molar-refractivity contribution in [2.24, 2.45) is 23.7 Å². The maximum atomic E-state index is 12.2. The number of benzene rings is 1. The summed E-state index contributed by atoms with van der Waals surface area (Å²) in [7, 11) is 0. The molecule has 1 saturated heterocycles. The lowest BCUT2D eigenvalue weighted by Gasteiger charge is -2.22. The second-order valence-electron chi connectivity index (χ2n) is 8.05. The minimum atomic E-state index is -0.261. The first-order valence-corrected chi connectivity index (χ1v) is 10.0. The van der Waals surface area contributed by atoms with Gasteiger partial charge in [0, 0.05) is 18.8 Å². The Hall–Kier alpha value is -2.42. The van der Waals surface area contributed by atoms with Gasteiger partial charge in [-0.15, -0.1) is 5.56 Å². The number of rotatable bonds is 5. The minimum absolute atomic E-state index is 0.261. The van der Waals surface area contributed by atoms with Crippen LogP contribution >= 0.6 is 0 Å². The molecule has 3 nitrogen and oxygen atoms in total. The SMILES string of the molecule is C/C=C/C1CC(C)C2CN(c3ccc(C(=O)OCc4ccc[cH-]4)cc3)CC12. The van der Waals surface area contributed by atoms with Gasteiger partial charge < -0.3 is 9.64 Å². The number of carbonyl (C=O) groups excluding carboxylic acids is 1. The van der Waals surface area contributed by atoms with Crippen LogP contribution in [0.3, 0.4) is 0 Å². The molecule has 1 heterocycles. The van der Waals surface area contributed by atoms with E-state index in [0.29, 0.717) is 18.1 Å². The molecule has 2 fully saturated rings. The Morgan fingerprint density at radius 1 is 1.22 bits per heavy atom. The summed E-state index contributed by atoms with van der Waals surface area (Å²) in [5.41, 5.74) is 2.85. The van der Waals surface area contributed by atoms with Gasteiger partial charge >= 0.3 is 5.97 Å². The van der Waals surface area contributed by atoms with Gasteiger partial charge in [0.05, 0.1) is 12.2 Å². The number of anilines is 1. The van der Waals surface area contributed by atoms with Crippen molar-refractivity contribution < 1.29 is 9.53 Å². The first kappa shape index (κ1) is 18.0. The summed E-state index contributed by atoms with van der Waals surface area (Å²) in [4.78, 5) is 14.7. The number of carbonyl (C=O) groups is 1. The van der Waals surface area contributed by atoms with Crippen molar-refractivity contribution in [2.75, 3.05) is 18.0 Å². The van der Waals surface area contributed by atoms with Gasteiger partial charge in [0.25, 0.3) is 0 Å². The maximum absolute atomic E-state index is 12.2. The third-order valence-electron chi connectivity index (χ3n) is 6.35. The van der Waals surface area contributed by atoms with E-state index in [0.717, 1.165) is 36.4 Å². The van der Waals surface area contributed by atoms with Crippen LogP contribution in [0.15, 0.2) is 60.7 Å². The molecule has 4 unspecified atom stereocenters. The number of allylic oxidation sites excluding steroid dienone is 2. The van der Waals surface area contributed by atoms with Crippen molar-refractivity contribution in [3.8, 4) is 0 Å². The third kappa shape index (κ3) is 3.69. The number of esters is 1. The molecule has 1 saturated carbocycles. The molecule has 0 spiro atoms. The van der Waals surface area contributed by atoms with Crippen LogP contribution in [0.5, 0.6) is 0 Å². The summed E-state index contributed by atoms with van der Waals surface area (Å²) in [6, 6.07) is 15.7. The van der Waals surface area contributed by atoms with Crippen molar-refractivity contribution in [1.29, 1.82) is 0 Å². The molecule has 1 aliphatic carbocycles. The van der Waals surface area contributed by atoms with Crippen LogP contribution in [0.4, 0.5) is 5.69 Å². The van der Waals surface area contributed by atoms with Crippen molar-refractivity contribution in [2.45, 2.75) is 26.9 Å². The van der Waals surface area contributed by atoms with E-state index in [1.165, 1.54) is 12.1 Å². The summed E-state index contributed by atoms with van der Waals surface area (Å²) < 4.78 is 5.39. The van der Waals surface area contributed by atoms with Gasteiger partial charge in [-0.25, -0.2) is 16.9 Å². The Labute approximate surface area is 162 Å². The van der Waals surface area contributed by atoms with Gasteiger partial charge in [-0.2, -0.15) is 12.1 Å². The Kier molecular flexibility index (Phi) is 5.11. The van der Waals surface area contributed by atoms with Crippen LogP contribution in [-0.2, 0) is 11.3 Å². The Morgan fingerprint density at radius 3 is 2.70 bits per heavy atom. The molecule has 0 bridgehead atoms. The smallest absolute Gasteiger partial charge is 0.338 e. The lowest BCUT2D eigenvalue weighted by atomic mass is 9.91. The number of hydrogen-bond acceptors (Lipinski definition) is 3. The van der Waals surface area contributed by atoms with Crippen LogP contribution in [0.2, 0.25) is 0 Å². The van der Waals surface area contributed by atoms with E-state index in [2.05, 4.69) is 43.0 Å². The maximum Gasteiger partial charge on any atom is 0.338 e. The zero-order valence-corrected chi connectivity index (χ0v) is 16.2. The lowest BCUT2D eigenvalue weighted by Crippen LogP contribution is -2.23. The second-order valence-corrected chi connectivity index (χ2v) is 8.05. The number of ether oxygens (including phenoxy) is 1. The predicted octanol–water partition coefficient (Wildman–Crippen LogP) is 5.05. The molecule has 0 amide bonds. The van der Waals surface area contributed by atoms with E-state index < -0.39 is 0 Å². The van der Waals surface area contributed by atoms with E-state index in [1.54, 1.807) is 0 Å². The largest absolute Gasteiger partial charge is 0.459 e. The minimum Gasteiger partial charge on any atom is -0.459 e. The standard InChI is InChI=1S/C24H28NO2/c1-3-6-20-13-17(2)22-14-25(15-23(20)22)21-11-9-19(10-12-21)24(26)27-16-18-7-4-5-8-18/h3-12,17,20,22-23H,13-16H2,1-2H3/q-1/b6-3+. The normalized spacial score (nSPS) is 27.3. The van der Waals surface area contributed by atoms with Crippen LogP contribution in [0, 0.1) is 23.7 Å². The van der Waals surface area contributed by atoms with Gasteiger partial charge in [0.15, 0.2) is 0 Å². The van der Waals surface area contributed by atoms with Crippen LogP contribution in [0.1, 0.15) is 36.2 Å². The fourth-order valence-corrected chi connectivity index (χ4v) is 4.92. The number of hydrogen-bond donors (Lipinski definition) is 0. The van der Waals surface area contributed by atoms with Gasteiger partial charge in [0.1, 0.15) is 0 Å². The summed E-state index contributed by atoms with van der Waals surface area (Å²) in [5.74, 6) is 2.77. The molecule has 1 aliphatic heterocycles. The molecule has 2 aromatic carbocycles. The molecule has 0 radical (unpaired) electrons. The van der Waals surface area contributed by atoms with Crippen molar-refractivity contribution >= 4 is 11.7 Å². The van der Waals surface area contributed by atoms with Gasteiger partial charge in [-0.3, -0.25) is 0 Å². The summed E-state index contributed by atoms with van der Waals surface area (Å²) >= 11 is 0. The number of nitrogens with zero attached hydrogens (tertiary/aromatic N) is 1. The first-order valence-electron chi connectivity index (χ1n) is 10.0. The van der Waals surface area contributed by atoms with E-state index in [1.807, 2.05) is 36.4 Å². The van der Waals surface area contributed by atoms with Gasteiger partial charge in [-0.05, 0) is 61.3 Å². The average molecular weight is 362 g/mol. The zero-order chi connectivity index (χ0) is 18.8. The fourth-order valence-electron chi connectivity index (χ4n) is 4.92. The number of fused-ring (bicyclic) bond motifs is 1. The molecule has 2 aromatic rings. The topological polar surface area (TPSA) is 29.5 Å². The zero-order valence-electron chi connectivity index (χ0n) is 16.2. The highest BCUT2D eigenvalue weighted by Crippen LogP contribution is 2.47. The van der Waals surface area contributed by atoms with Gasteiger partial charge in [-0.1, -0.05) is 19.1 Å². The van der Waals surface area contributed by atoms with E-state index >= 15 is 0 Å². The van der Waals surface area contributed by atoms with E-state index in [9.17, 15) is 4.79 Å². The highest BCUT2D eigenvalue weighted by molar-refractivity contribution is 5.89. The predicted molar refractivity (Wildman–Crippen MR) is 109 cm³/mol. The average Bonchev–Trinajstić information content (AvgIpc) is 3.40. The molecular formula is C24H28NO2-. The lowest BCUT2D eigenvalue weighted by molar-refractivity contribution is 0.0473. The van der Waals surface area contributed by atoms with Crippen molar-refractivity contribution in [3.63, 3.8) is 0 Å². The third-order valence-corrected chi connectivity index (χ3v) is 6.35. The molecule has 4 rings (SSSR count). The molecule has 27 heavy (non-hydrogen) atoms. The highest BCUT2D eigenvalue weighted by Gasteiger charge is 2.45. The highest BCUT2D eigenvalue weighted by atomic mass is 16.5. The Balaban J connectivity index is 1.39. The van der Waals surface area contributed by atoms with Crippen molar-refractivity contribution in [3.05, 3.63) is 71.8 Å². The molecule has 4 atom stereocenters. The Morgan fingerprint density at radius 2 is 2.00 bits per heavy atom. The molecule has 142 valence electrons. The molecule has 0 aromatic heterocycles. The van der Waals surface area contributed by atoms with Gasteiger partial charge in [0.2, 0.25) is 0 Å². The first-order chi connectivity index (χ1) is 13.2. The second kappa shape index (κ2) is 7.67. The quantitative estimate of drug-likeness (QED) is 0.424. The fraction of sp³-hybridized carbons (Fsp3) is 0.417. The van der Waals surface area contributed by atoms with E-state index in [-0.39, 0.29) is 5.97 Å². The van der Waals surface area contributed by atoms with Crippen LogP contribution in [0.25, 0.3) is 0 Å². The molecule has 2 aliphatic rings. The monoisotopic (exact) mass is 362 g/mol. The molecule has 0 N–H and O–H groups in total. The van der Waals surface area contributed by atoms with Crippen LogP contribution < -0.4 is 4.90 Å².